The summed E-state index contributed by atoms with van der Waals surface area (Å²) in [6.07, 6.45) is -20.5. The second-order valence-electron chi connectivity index (χ2n) is 18.1. The molecule has 3 aromatic carbocycles. The number of aliphatic hydroxyl groups is 12. The maximum absolute atomic E-state index is 12.9. The number of carbonyl (C=O) groups excluding carboxylic acids is 2. The van der Waals surface area contributed by atoms with Gasteiger partial charge in [0, 0.05) is 24.3 Å². The normalized spacial score (nSPS) is 32.3. The molecule has 25 nitrogen and oxygen atoms in total. The van der Waals surface area contributed by atoms with Crippen molar-refractivity contribution in [2.75, 3.05) is 26.9 Å². The highest BCUT2D eigenvalue weighted by molar-refractivity contribution is 5.87. The van der Waals surface area contributed by atoms with Crippen molar-refractivity contribution in [1.29, 1.82) is 0 Å². The third-order valence-electron chi connectivity index (χ3n) is 12.8. The third-order valence-corrected chi connectivity index (χ3v) is 12.8. The molecule has 0 saturated carbocycles. The number of esters is 2. The van der Waals surface area contributed by atoms with E-state index in [2.05, 4.69) is 0 Å². The molecule has 14 N–H and O–H groups in total. The van der Waals surface area contributed by atoms with Gasteiger partial charge in [-0.15, -0.1) is 0 Å². The van der Waals surface area contributed by atoms with Crippen molar-refractivity contribution in [2.45, 2.75) is 98.2 Å². The summed E-state index contributed by atoms with van der Waals surface area (Å²) in [5, 5.41) is 139. The van der Waals surface area contributed by atoms with Crippen LogP contribution >= 0.6 is 0 Å². The molecule has 25 heteroatoms. The van der Waals surface area contributed by atoms with Gasteiger partial charge in [-0.05, 0) is 71.8 Å². The number of carbonyl (C=O) groups is 2. The number of rotatable bonds is 17. The van der Waals surface area contributed by atoms with Crippen LogP contribution in [0.4, 0.5) is 0 Å². The number of phenols is 3. The first-order valence-electron chi connectivity index (χ1n) is 23.8. The molecule has 77 heavy (non-hydrogen) atoms. The number of ether oxygens (including phenoxy) is 10. The quantitative estimate of drug-likeness (QED) is 0.0422. The fourth-order valence-corrected chi connectivity index (χ4v) is 8.52. The van der Waals surface area contributed by atoms with Crippen LogP contribution in [-0.2, 0) is 47.5 Å². The average Bonchev–Trinajstić information content (AvgIpc) is 3.45. The van der Waals surface area contributed by atoms with Crippen molar-refractivity contribution in [2.24, 2.45) is 0 Å². The van der Waals surface area contributed by atoms with E-state index in [1.807, 2.05) is 0 Å². The van der Waals surface area contributed by atoms with E-state index in [1.54, 1.807) is 0 Å². The number of phenolic OH excluding ortho intramolecular Hbond substituents is 3. The van der Waals surface area contributed by atoms with Gasteiger partial charge in [0.05, 0.1) is 30.9 Å². The molecular weight excluding hydrogens is 1020 g/mol. The van der Waals surface area contributed by atoms with Crippen LogP contribution in [0.1, 0.15) is 16.7 Å². The Bertz CT molecular complexity index is 2750. The van der Waals surface area contributed by atoms with Crippen LogP contribution in [0.15, 0.2) is 120 Å². The zero-order valence-corrected chi connectivity index (χ0v) is 40.5. The lowest BCUT2D eigenvalue weighted by atomic mass is 9.96. The number of fused-ring (bicyclic) bond motifs is 1. The maximum atomic E-state index is 12.9. The number of aliphatic hydroxyl groups excluding tert-OH is 10. The second-order valence-corrected chi connectivity index (χ2v) is 18.1. The Kier molecular flexibility index (Phi) is 17.9. The summed E-state index contributed by atoms with van der Waals surface area (Å²) in [5.74, 6) is -2.95. The highest BCUT2D eigenvalue weighted by atomic mass is 16.8. The minimum Gasteiger partial charge on any atom is -0.571 e. The van der Waals surface area contributed by atoms with Crippen LogP contribution in [-0.4, -0.2) is 208 Å². The number of hydrogen-bond donors (Lipinski definition) is 13. The molecule has 1 aliphatic carbocycles. The van der Waals surface area contributed by atoms with Crippen molar-refractivity contribution in [3.05, 3.63) is 137 Å². The van der Waals surface area contributed by atoms with E-state index in [1.165, 1.54) is 98.1 Å². The van der Waals surface area contributed by atoms with E-state index in [0.29, 0.717) is 11.1 Å². The predicted octanol–water partition coefficient (Wildman–Crippen LogP) is -1.36. The van der Waals surface area contributed by atoms with Gasteiger partial charge in [-0.2, -0.15) is 0 Å². The molecular formula is C52H57O25+. The topological polar surface area (TPSA) is 393 Å². The summed E-state index contributed by atoms with van der Waals surface area (Å²) < 4.78 is 56.6. The first kappa shape index (κ1) is 56.1. The van der Waals surface area contributed by atoms with Gasteiger partial charge < -0.3 is 114 Å². The van der Waals surface area contributed by atoms with Gasteiger partial charge in [0.1, 0.15) is 103 Å². The van der Waals surface area contributed by atoms with E-state index in [4.69, 9.17) is 47.4 Å². The van der Waals surface area contributed by atoms with Crippen molar-refractivity contribution >= 4 is 29.8 Å². The lowest BCUT2D eigenvalue weighted by molar-refractivity contribution is -0.363. The number of aromatic hydroxyl groups is 3. The van der Waals surface area contributed by atoms with Crippen molar-refractivity contribution < 1.29 is 123 Å². The zero-order valence-electron chi connectivity index (χ0n) is 40.5. The maximum Gasteiger partial charge on any atom is 0.330 e. The summed E-state index contributed by atoms with van der Waals surface area (Å²) in [6.45, 7) is -2.26. The third kappa shape index (κ3) is 13.0. The fraction of sp³-hybridized carbons (Fsp3) is 0.385. The van der Waals surface area contributed by atoms with E-state index in [-0.39, 0.29) is 57.2 Å². The lowest BCUT2D eigenvalue weighted by Gasteiger charge is -2.46. The van der Waals surface area contributed by atoms with Crippen LogP contribution in [0.25, 0.3) is 17.9 Å². The van der Waals surface area contributed by atoms with E-state index in [0.717, 1.165) is 18.2 Å². The monoisotopic (exact) mass is 1080 g/mol. The van der Waals surface area contributed by atoms with E-state index in [9.17, 15) is 76.0 Å². The van der Waals surface area contributed by atoms with Gasteiger partial charge in [0.25, 0.3) is 0 Å². The van der Waals surface area contributed by atoms with Crippen LogP contribution in [0.3, 0.4) is 0 Å². The minimum absolute atomic E-state index is 0.0134. The molecule has 414 valence electrons. The summed E-state index contributed by atoms with van der Waals surface area (Å²) >= 11 is 0. The molecule has 0 radical (unpaired) electrons. The molecule has 5 aliphatic rings. The van der Waals surface area contributed by atoms with Gasteiger partial charge in [-0.25, -0.2) is 9.59 Å². The van der Waals surface area contributed by atoms with Gasteiger partial charge in [-0.1, -0.05) is 18.2 Å². The summed E-state index contributed by atoms with van der Waals surface area (Å²) in [6, 6.07) is 15.6. The first-order chi connectivity index (χ1) is 36.8. The van der Waals surface area contributed by atoms with Crippen molar-refractivity contribution in [3.63, 3.8) is 0 Å². The number of benzene rings is 3. The Morgan fingerprint density at radius 2 is 1.16 bits per heavy atom. The largest absolute Gasteiger partial charge is 0.571 e. The Labute approximate surface area is 437 Å². The molecule has 3 aromatic rings. The van der Waals surface area contributed by atoms with Crippen LogP contribution in [0, 0.1) is 0 Å². The molecule has 0 spiro atoms. The van der Waals surface area contributed by atoms with E-state index < -0.39 is 130 Å². The second kappa shape index (κ2) is 24.5. The first-order valence-corrected chi connectivity index (χ1v) is 23.8. The SMILES string of the molecule is COc1cc(C=CC(=O)OCC2OC(OC3C(OC4=C(c5ccc(O)cc5)[OH+]C5C=C(O)C=C(OC6OC(CO)C(O)C(O)C6O)C5=C4)OC(COC(=O)C=Cc4ccc(O)cc4)C(O)C3O)C(O)C(O)C2O)ccc1O. The molecule has 0 amide bonds. The zero-order chi connectivity index (χ0) is 55.2. The summed E-state index contributed by atoms with van der Waals surface area (Å²) in [4.78, 5) is 25.7. The molecule has 4 heterocycles. The smallest absolute Gasteiger partial charge is 0.330 e. The standard InChI is InChI=1S/C52H56O25/c1-68-33-16-24(4-13-30(33)57)6-15-39(59)69-21-36-41(61)44(64)47(67)51(75-36)77-49-45(65)42(62)37(22-70-38(58)14-5-23-2-9-26(54)10-3-23)76-52(49)73-34-19-29-31(71-48(34)25-7-11-27(55)12-8-25)17-28(56)18-32(29)72-50-46(66)43(63)40(60)35(20-53)74-50/h2-19,31,35-37,40-47,49-57,60-67H,20-22H2,1H3/p+1. The summed E-state index contributed by atoms with van der Waals surface area (Å²) in [7, 11) is 1.34. The predicted molar refractivity (Wildman–Crippen MR) is 259 cm³/mol. The lowest BCUT2D eigenvalue weighted by Crippen LogP contribution is -2.64. The molecule has 3 saturated heterocycles. The molecule has 8 rings (SSSR count). The minimum atomic E-state index is -2.10. The Balaban J connectivity index is 1.09. The molecule has 3 fully saturated rings. The Morgan fingerprint density at radius 3 is 1.78 bits per heavy atom. The Hall–Kier alpha value is -7.08. The van der Waals surface area contributed by atoms with Crippen molar-refractivity contribution in [3.8, 4) is 23.0 Å². The van der Waals surface area contributed by atoms with Gasteiger partial charge in [-0.3, -0.25) is 0 Å². The highest BCUT2D eigenvalue weighted by Gasteiger charge is 2.53. The van der Waals surface area contributed by atoms with E-state index >= 15 is 0 Å². The summed E-state index contributed by atoms with van der Waals surface area (Å²) in [5.41, 5.74) is 1.29. The highest BCUT2D eigenvalue weighted by Crippen LogP contribution is 2.40. The molecule has 16 atom stereocenters. The Morgan fingerprint density at radius 1 is 0.610 bits per heavy atom. The van der Waals surface area contributed by atoms with Gasteiger partial charge >= 0.3 is 17.7 Å². The molecule has 0 aromatic heterocycles. The van der Waals surface area contributed by atoms with Crippen LogP contribution < -0.4 is 4.74 Å². The van der Waals surface area contributed by atoms with Gasteiger partial charge in [0.15, 0.2) is 23.9 Å². The van der Waals surface area contributed by atoms with Gasteiger partial charge in [0.2, 0.25) is 24.4 Å². The molecule has 16 unspecified atom stereocenters. The molecule has 0 bridgehead atoms. The number of allylic oxidation sites excluding steroid dienone is 2. The van der Waals surface area contributed by atoms with Crippen LogP contribution in [0.2, 0.25) is 0 Å². The van der Waals surface area contributed by atoms with Crippen molar-refractivity contribution in [1.82, 2.24) is 0 Å². The van der Waals surface area contributed by atoms with Crippen LogP contribution in [0.5, 0.6) is 23.0 Å². The number of methoxy groups -OCH3 is 1. The number of hydrogen-bond acceptors (Lipinski definition) is 24. The molecule has 4 aliphatic heterocycles. The fourth-order valence-electron chi connectivity index (χ4n) is 8.52. The average molecular weight is 1080 g/mol.